The van der Waals surface area contributed by atoms with Crippen molar-refractivity contribution in [1.29, 1.82) is 4.78 Å². The maximum Gasteiger partial charge on any atom is 0.418 e. The number of halogens is 5. The molecular weight excluding hydrogens is 483 g/mol. The lowest BCUT2D eigenvalue weighted by molar-refractivity contribution is -0.138. The Morgan fingerprint density at radius 2 is 1.82 bits per heavy atom. The Balaban J connectivity index is 2.10. The van der Waals surface area contributed by atoms with Gasteiger partial charge in [-0.15, -0.1) is 0 Å². The molecule has 0 saturated heterocycles. The highest BCUT2D eigenvalue weighted by molar-refractivity contribution is 7.91. The van der Waals surface area contributed by atoms with Crippen molar-refractivity contribution in [1.82, 2.24) is 9.97 Å². The fourth-order valence-electron chi connectivity index (χ4n) is 3.01. The molecule has 7 nitrogen and oxygen atoms in total. The molecule has 34 heavy (non-hydrogen) atoms. The molecule has 3 aromatic rings. The van der Waals surface area contributed by atoms with Crippen molar-refractivity contribution < 1.29 is 35.7 Å². The fourth-order valence-corrected chi connectivity index (χ4v) is 3.81. The van der Waals surface area contributed by atoms with Gasteiger partial charge in [-0.05, 0) is 49.7 Å². The molecule has 0 unspecified atom stereocenters. The Hall–Kier alpha value is -3.61. The number of nitrogens with zero attached hydrogens (tertiary/aromatic N) is 2. The van der Waals surface area contributed by atoms with Gasteiger partial charge in [0.15, 0.2) is 5.75 Å². The van der Waals surface area contributed by atoms with Gasteiger partial charge < -0.3 is 10.1 Å². The van der Waals surface area contributed by atoms with Crippen LogP contribution < -0.4 is 10.1 Å². The number of aryl methyl sites for hydroxylation is 1. The number of pyridine rings is 2. The van der Waals surface area contributed by atoms with Gasteiger partial charge in [-0.2, -0.15) is 17.6 Å². The minimum Gasteiger partial charge on any atom is -0.436 e. The Morgan fingerprint density at radius 3 is 2.41 bits per heavy atom. The molecule has 0 aliphatic heterocycles. The first-order valence-corrected chi connectivity index (χ1v) is 11.4. The van der Waals surface area contributed by atoms with Gasteiger partial charge in [0, 0.05) is 18.1 Å². The SMILES string of the molecule is Cc1nc(F)ccc1Oc1ncc(C(F)(F)F)c(C)c1C(=O)Nc1ccc(F)c([S@@](C)(=N)=O)c1. The topological polar surface area (TPSA) is 105 Å². The molecule has 1 atom stereocenters. The first-order valence-electron chi connectivity index (χ1n) is 9.41. The highest BCUT2D eigenvalue weighted by Gasteiger charge is 2.36. The number of alkyl halides is 3. The Labute approximate surface area is 191 Å². The van der Waals surface area contributed by atoms with Crippen molar-refractivity contribution in [2.24, 2.45) is 0 Å². The third-order valence-corrected chi connectivity index (χ3v) is 5.81. The van der Waals surface area contributed by atoms with Crippen LogP contribution in [0.25, 0.3) is 0 Å². The van der Waals surface area contributed by atoms with Crippen LogP contribution in [0.2, 0.25) is 0 Å². The summed E-state index contributed by atoms with van der Waals surface area (Å²) in [4.78, 5) is 19.7. The molecule has 0 spiro atoms. The summed E-state index contributed by atoms with van der Waals surface area (Å²) < 4.78 is 92.6. The summed E-state index contributed by atoms with van der Waals surface area (Å²) in [6.45, 7) is 2.43. The number of benzene rings is 1. The summed E-state index contributed by atoms with van der Waals surface area (Å²) >= 11 is 0. The van der Waals surface area contributed by atoms with Gasteiger partial charge in [-0.3, -0.25) is 4.79 Å². The summed E-state index contributed by atoms with van der Waals surface area (Å²) in [6, 6.07) is 5.04. The van der Waals surface area contributed by atoms with Crippen molar-refractivity contribution >= 4 is 21.3 Å². The van der Waals surface area contributed by atoms with Crippen LogP contribution in [0.1, 0.15) is 27.2 Å². The highest BCUT2D eigenvalue weighted by atomic mass is 32.2. The van der Waals surface area contributed by atoms with E-state index in [4.69, 9.17) is 9.52 Å². The van der Waals surface area contributed by atoms with E-state index in [-0.39, 0.29) is 17.1 Å². The first-order chi connectivity index (χ1) is 15.7. The third-order valence-electron chi connectivity index (χ3n) is 4.65. The van der Waals surface area contributed by atoms with Gasteiger partial charge in [0.2, 0.25) is 11.8 Å². The van der Waals surface area contributed by atoms with E-state index in [9.17, 15) is 31.0 Å². The molecule has 0 saturated carbocycles. The average molecular weight is 500 g/mol. The number of carbonyl (C=O) groups excluding carboxylic acids is 1. The van der Waals surface area contributed by atoms with Gasteiger partial charge >= 0.3 is 6.18 Å². The smallest absolute Gasteiger partial charge is 0.418 e. The number of ether oxygens (including phenoxy) is 1. The zero-order valence-electron chi connectivity index (χ0n) is 17.9. The van der Waals surface area contributed by atoms with Crippen LogP contribution in [0.15, 0.2) is 41.4 Å². The molecule has 1 aromatic carbocycles. The summed E-state index contributed by atoms with van der Waals surface area (Å²) in [5.41, 5.74) is -2.36. The maximum atomic E-state index is 13.9. The van der Waals surface area contributed by atoms with E-state index in [0.29, 0.717) is 6.20 Å². The molecule has 3 rings (SSSR count). The van der Waals surface area contributed by atoms with Crippen LogP contribution in [0.3, 0.4) is 0 Å². The quantitative estimate of drug-likeness (QED) is 0.357. The number of anilines is 1. The van der Waals surface area contributed by atoms with Crippen molar-refractivity contribution in [2.75, 3.05) is 11.6 Å². The number of hydrogen-bond donors (Lipinski definition) is 2. The van der Waals surface area contributed by atoms with E-state index in [1.165, 1.54) is 13.0 Å². The van der Waals surface area contributed by atoms with Gasteiger partial charge in [0.1, 0.15) is 11.4 Å². The number of hydrogen-bond acceptors (Lipinski definition) is 6. The molecule has 0 aliphatic carbocycles. The second-order valence-corrected chi connectivity index (χ2v) is 9.36. The molecule has 0 radical (unpaired) electrons. The zero-order chi connectivity index (χ0) is 25.4. The van der Waals surface area contributed by atoms with Crippen molar-refractivity contribution in [3.8, 4) is 11.6 Å². The molecular formula is C21H17F5N4O3S. The van der Waals surface area contributed by atoms with E-state index >= 15 is 0 Å². The predicted octanol–water partition coefficient (Wildman–Crippen LogP) is 5.47. The maximum absolute atomic E-state index is 13.9. The lowest BCUT2D eigenvalue weighted by Gasteiger charge is -2.17. The van der Waals surface area contributed by atoms with E-state index < -0.39 is 61.0 Å². The predicted molar refractivity (Wildman–Crippen MR) is 112 cm³/mol. The minimum absolute atomic E-state index is 0.0499. The zero-order valence-corrected chi connectivity index (χ0v) is 18.7. The van der Waals surface area contributed by atoms with E-state index in [2.05, 4.69) is 15.3 Å². The fraction of sp³-hybridized carbons (Fsp3) is 0.190. The molecule has 2 aromatic heterocycles. The van der Waals surface area contributed by atoms with Gasteiger partial charge in [0.05, 0.1) is 25.9 Å². The molecule has 0 bridgehead atoms. The van der Waals surface area contributed by atoms with Crippen LogP contribution in [0, 0.1) is 30.4 Å². The lowest BCUT2D eigenvalue weighted by atomic mass is 10.0. The number of rotatable bonds is 5. The summed E-state index contributed by atoms with van der Waals surface area (Å²) in [5, 5.41) is 2.29. The van der Waals surface area contributed by atoms with Crippen molar-refractivity contribution in [3.05, 3.63) is 70.7 Å². The Morgan fingerprint density at radius 1 is 1.15 bits per heavy atom. The molecule has 2 N–H and O–H groups in total. The monoisotopic (exact) mass is 500 g/mol. The minimum atomic E-state index is -4.83. The van der Waals surface area contributed by atoms with E-state index in [1.807, 2.05) is 0 Å². The Kier molecular flexibility index (Phi) is 6.60. The third kappa shape index (κ3) is 5.30. The second kappa shape index (κ2) is 8.97. The van der Waals surface area contributed by atoms with Crippen LogP contribution in [0.4, 0.5) is 27.6 Å². The molecule has 1 amide bonds. The largest absolute Gasteiger partial charge is 0.436 e. The number of amides is 1. The van der Waals surface area contributed by atoms with Crippen LogP contribution in [0.5, 0.6) is 11.6 Å². The van der Waals surface area contributed by atoms with Crippen LogP contribution in [-0.4, -0.2) is 26.3 Å². The highest BCUT2D eigenvalue weighted by Crippen LogP contribution is 2.37. The molecule has 180 valence electrons. The van der Waals surface area contributed by atoms with Gasteiger partial charge in [0.25, 0.3) is 5.91 Å². The normalized spacial score (nSPS) is 13.3. The van der Waals surface area contributed by atoms with Gasteiger partial charge in [-0.1, -0.05) is 0 Å². The number of nitrogens with one attached hydrogen (secondary N) is 2. The number of carbonyl (C=O) groups is 1. The number of aromatic nitrogens is 2. The lowest BCUT2D eigenvalue weighted by Crippen LogP contribution is -2.19. The van der Waals surface area contributed by atoms with E-state index in [0.717, 1.165) is 37.4 Å². The van der Waals surface area contributed by atoms with E-state index in [1.54, 1.807) is 0 Å². The molecule has 2 heterocycles. The van der Waals surface area contributed by atoms with Crippen LogP contribution in [-0.2, 0) is 15.9 Å². The summed E-state index contributed by atoms with van der Waals surface area (Å²) in [5.74, 6) is -3.41. The molecule has 13 heteroatoms. The van der Waals surface area contributed by atoms with Crippen LogP contribution >= 0.6 is 0 Å². The molecule has 0 fully saturated rings. The van der Waals surface area contributed by atoms with Crippen molar-refractivity contribution in [3.63, 3.8) is 0 Å². The van der Waals surface area contributed by atoms with Crippen molar-refractivity contribution in [2.45, 2.75) is 24.9 Å². The Bertz CT molecular complexity index is 1390. The summed E-state index contributed by atoms with van der Waals surface area (Å²) in [7, 11) is -3.50. The first kappa shape index (κ1) is 25.0. The van der Waals surface area contributed by atoms with Gasteiger partial charge in [-0.25, -0.2) is 23.3 Å². The standard InChI is InChI=1S/C21H17F5N4O3S/c1-10-13(21(24,25)26)9-28-20(33-15-6-7-17(23)29-11(15)2)18(10)19(31)30-12-4-5-14(22)16(8-12)34(3,27)32/h4-9,27H,1-3H3,(H,30,31)/t34-/m0/s1. The average Bonchev–Trinajstić information content (AvgIpc) is 2.69. The summed E-state index contributed by atoms with van der Waals surface area (Å²) in [6.07, 6.45) is -3.36. The second-order valence-electron chi connectivity index (χ2n) is 7.24. The molecule has 0 aliphatic rings.